The second-order valence-corrected chi connectivity index (χ2v) is 7.81. The second kappa shape index (κ2) is 10.8. The molecule has 1 aliphatic heterocycles. The highest BCUT2D eigenvalue weighted by atomic mass is 16.5. The first kappa shape index (κ1) is 23.5. The molecule has 166 valence electrons. The Bertz CT molecular complexity index is 743. The third-order valence-corrected chi connectivity index (χ3v) is 5.29. The molecule has 1 heterocycles. The number of piperidine rings is 1. The Balaban J connectivity index is 2.14. The molecule has 2 N–H and O–H groups in total. The summed E-state index contributed by atoms with van der Waals surface area (Å²) < 4.78 is 10.4. The van der Waals surface area contributed by atoms with Crippen LogP contribution in [0.2, 0.25) is 0 Å². The van der Waals surface area contributed by atoms with Crippen molar-refractivity contribution in [1.82, 2.24) is 15.5 Å². The zero-order valence-electron chi connectivity index (χ0n) is 18.5. The Morgan fingerprint density at radius 3 is 2.30 bits per heavy atom. The summed E-state index contributed by atoms with van der Waals surface area (Å²) in [5.74, 6) is 0.0930. The minimum Gasteiger partial charge on any atom is -0.497 e. The molecule has 0 saturated carbocycles. The first-order valence-corrected chi connectivity index (χ1v) is 10.4. The van der Waals surface area contributed by atoms with Gasteiger partial charge in [0.1, 0.15) is 17.5 Å². The molecule has 0 spiro atoms. The summed E-state index contributed by atoms with van der Waals surface area (Å²) >= 11 is 0. The number of nitrogens with zero attached hydrogens (tertiary/aromatic N) is 1. The van der Waals surface area contributed by atoms with Crippen molar-refractivity contribution in [3.63, 3.8) is 0 Å². The van der Waals surface area contributed by atoms with Gasteiger partial charge < -0.3 is 25.0 Å². The third-order valence-electron chi connectivity index (χ3n) is 5.29. The van der Waals surface area contributed by atoms with Crippen molar-refractivity contribution in [3.8, 4) is 11.5 Å². The lowest BCUT2D eigenvalue weighted by atomic mass is 9.94. The Labute approximate surface area is 178 Å². The minimum absolute atomic E-state index is 0.0244. The van der Waals surface area contributed by atoms with Gasteiger partial charge in [-0.05, 0) is 37.8 Å². The van der Waals surface area contributed by atoms with Gasteiger partial charge in [-0.25, -0.2) is 0 Å². The molecule has 0 bridgehead atoms. The average molecular weight is 420 g/mol. The minimum atomic E-state index is -0.692. The van der Waals surface area contributed by atoms with E-state index in [4.69, 9.17) is 9.47 Å². The number of likely N-dealkylation sites (tertiary alicyclic amines) is 1. The van der Waals surface area contributed by atoms with E-state index in [2.05, 4.69) is 10.6 Å². The molecule has 0 aromatic heterocycles. The van der Waals surface area contributed by atoms with Crippen molar-refractivity contribution in [2.24, 2.45) is 11.8 Å². The predicted octanol–water partition coefficient (Wildman–Crippen LogP) is 1.83. The van der Waals surface area contributed by atoms with Crippen LogP contribution in [0.4, 0.5) is 0 Å². The lowest BCUT2D eigenvalue weighted by molar-refractivity contribution is -0.138. The molecule has 1 aromatic carbocycles. The number of carbonyl (C=O) groups is 3. The molecule has 8 nitrogen and oxygen atoms in total. The van der Waals surface area contributed by atoms with Gasteiger partial charge in [-0.1, -0.05) is 13.8 Å². The van der Waals surface area contributed by atoms with Gasteiger partial charge in [0.05, 0.1) is 20.1 Å². The van der Waals surface area contributed by atoms with E-state index < -0.39 is 6.04 Å². The molecule has 1 fully saturated rings. The standard InChI is InChI=1S/C22H33N3O5/c1-6-23-20(26)15-8-7-9-25(13-15)22(28)19(14(2)3)24-21(27)16-10-17(29-4)12-18(11-16)30-5/h10-12,14-15,19H,6-9,13H2,1-5H3,(H,23,26)(H,24,27). The smallest absolute Gasteiger partial charge is 0.252 e. The molecule has 2 rings (SSSR count). The molecule has 30 heavy (non-hydrogen) atoms. The monoisotopic (exact) mass is 419 g/mol. The fourth-order valence-electron chi connectivity index (χ4n) is 3.58. The number of methoxy groups -OCH3 is 2. The third kappa shape index (κ3) is 5.87. The lowest BCUT2D eigenvalue weighted by Crippen LogP contribution is -2.54. The summed E-state index contributed by atoms with van der Waals surface area (Å²) in [7, 11) is 3.02. The van der Waals surface area contributed by atoms with E-state index in [0.717, 1.165) is 12.8 Å². The maximum atomic E-state index is 13.2. The second-order valence-electron chi connectivity index (χ2n) is 7.81. The van der Waals surface area contributed by atoms with Gasteiger partial charge in [0, 0.05) is 31.3 Å². The van der Waals surface area contributed by atoms with Gasteiger partial charge in [0.2, 0.25) is 11.8 Å². The first-order chi connectivity index (χ1) is 14.3. The molecule has 2 atom stereocenters. The fraction of sp³-hybridized carbons (Fsp3) is 0.591. The zero-order valence-corrected chi connectivity index (χ0v) is 18.5. The number of hydrogen-bond donors (Lipinski definition) is 2. The van der Waals surface area contributed by atoms with Crippen LogP contribution in [0.5, 0.6) is 11.5 Å². The summed E-state index contributed by atoms with van der Waals surface area (Å²) in [6.07, 6.45) is 1.53. The number of hydrogen-bond acceptors (Lipinski definition) is 5. The summed E-state index contributed by atoms with van der Waals surface area (Å²) in [6.45, 7) is 7.18. The lowest BCUT2D eigenvalue weighted by Gasteiger charge is -2.35. The molecule has 0 radical (unpaired) electrons. The highest BCUT2D eigenvalue weighted by Crippen LogP contribution is 2.23. The SMILES string of the molecule is CCNC(=O)C1CCCN(C(=O)C(NC(=O)c2cc(OC)cc(OC)c2)C(C)C)C1. The van der Waals surface area contributed by atoms with Crippen LogP contribution in [0.25, 0.3) is 0 Å². The number of carbonyl (C=O) groups excluding carboxylic acids is 3. The molecule has 2 unspecified atom stereocenters. The van der Waals surface area contributed by atoms with Gasteiger partial charge in [-0.15, -0.1) is 0 Å². The zero-order chi connectivity index (χ0) is 22.3. The molecular weight excluding hydrogens is 386 g/mol. The van der Waals surface area contributed by atoms with Crippen molar-refractivity contribution in [3.05, 3.63) is 23.8 Å². The summed E-state index contributed by atoms with van der Waals surface area (Å²) in [6, 6.07) is 4.19. The Morgan fingerprint density at radius 1 is 1.13 bits per heavy atom. The quantitative estimate of drug-likeness (QED) is 0.670. The summed E-state index contributed by atoms with van der Waals surface area (Å²) in [5.41, 5.74) is 0.350. The van der Waals surface area contributed by atoms with Crippen LogP contribution in [0, 0.1) is 11.8 Å². The van der Waals surface area contributed by atoms with Crippen LogP contribution in [-0.4, -0.2) is 62.5 Å². The van der Waals surface area contributed by atoms with Gasteiger partial charge in [0.25, 0.3) is 5.91 Å². The molecular formula is C22H33N3O5. The summed E-state index contributed by atoms with van der Waals surface area (Å²) in [4.78, 5) is 40.0. The topological polar surface area (TPSA) is 97.0 Å². The van der Waals surface area contributed by atoms with Crippen molar-refractivity contribution < 1.29 is 23.9 Å². The van der Waals surface area contributed by atoms with E-state index in [1.807, 2.05) is 20.8 Å². The van der Waals surface area contributed by atoms with E-state index >= 15 is 0 Å². The van der Waals surface area contributed by atoms with E-state index in [1.165, 1.54) is 14.2 Å². The Kier molecular flexibility index (Phi) is 8.50. The van der Waals surface area contributed by atoms with Crippen LogP contribution >= 0.6 is 0 Å². The van der Waals surface area contributed by atoms with Crippen LogP contribution in [0.15, 0.2) is 18.2 Å². The van der Waals surface area contributed by atoms with E-state index in [9.17, 15) is 14.4 Å². The predicted molar refractivity (Wildman–Crippen MR) is 114 cm³/mol. The summed E-state index contributed by atoms with van der Waals surface area (Å²) in [5, 5.41) is 5.69. The average Bonchev–Trinajstić information content (AvgIpc) is 2.76. The number of ether oxygens (including phenoxy) is 2. The van der Waals surface area contributed by atoms with Crippen LogP contribution in [0.3, 0.4) is 0 Å². The Morgan fingerprint density at radius 2 is 1.77 bits per heavy atom. The Hall–Kier alpha value is -2.77. The van der Waals surface area contributed by atoms with Crippen LogP contribution in [0.1, 0.15) is 44.0 Å². The molecule has 0 aliphatic carbocycles. The number of nitrogens with one attached hydrogen (secondary N) is 2. The van der Waals surface area contributed by atoms with E-state index in [-0.39, 0.29) is 29.6 Å². The van der Waals surface area contributed by atoms with Gasteiger partial charge >= 0.3 is 0 Å². The normalized spacial score (nSPS) is 17.3. The number of amides is 3. The van der Waals surface area contributed by atoms with Gasteiger partial charge in [-0.2, -0.15) is 0 Å². The molecule has 1 aliphatic rings. The maximum absolute atomic E-state index is 13.2. The fourth-order valence-corrected chi connectivity index (χ4v) is 3.58. The molecule has 1 aromatic rings. The highest BCUT2D eigenvalue weighted by molar-refractivity contribution is 5.98. The van der Waals surface area contributed by atoms with Gasteiger partial charge in [-0.3, -0.25) is 14.4 Å². The first-order valence-electron chi connectivity index (χ1n) is 10.4. The van der Waals surface area contributed by atoms with Crippen molar-refractivity contribution in [2.45, 2.75) is 39.7 Å². The van der Waals surface area contributed by atoms with Gasteiger partial charge in [0.15, 0.2) is 0 Å². The van der Waals surface area contributed by atoms with E-state index in [1.54, 1.807) is 23.1 Å². The molecule has 3 amide bonds. The van der Waals surface area contributed by atoms with Crippen molar-refractivity contribution in [2.75, 3.05) is 33.9 Å². The van der Waals surface area contributed by atoms with Crippen LogP contribution < -0.4 is 20.1 Å². The molecule has 1 saturated heterocycles. The highest BCUT2D eigenvalue weighted by Gasteiger charge is 2.34. The van der Waals surface area contributed by atoms with Crippen molar-refractivity contribution in [1.29, 1.82) is 0 Å². The molecule has 8 heteroatoms. The maximum Gasteiger partial charge on any atom is 0.252 e. The van der Waals surface area contributed by atoms with Crippen LogP contribution in [-0.2, 0) is 9.59 Å². The van der Waals surface area contributed by atoms with E-state index in [0.29, 0.717) is 36.7 Å². The number of benzene rings is 1. The number of rotatable bonds is 8. The van der Waals surface area contributed by atoms with Crippen molar-refractivity contribution >= 4 is 17.7 Å². The largest absolute Gasteiger partial charge is 0.497 e.